The fourth-order valence-corrected chi connectivity index (χ4v) is 3.51. The van der Waals surface area contributed by atoms with Gasteiger partial charge in [0.05, 0.1) is 0 Å². The molecule has 1 atom stereocenters. The number of thiazole rings is 1. The van der Waals surface area contributed by atoms with E-state index in [2.05, 4.69) is 34.4 Å². The molecule has 2 aromatic heterocycles. The van der Waals surface area contributed by atoms with E-state index in [9.17, 15) is 13.6 Å². The summed E-state index contributed by atoms with van der Waals surface area (Å²) in [5.41, 5.74) is 0.633. The lowest BCUT2D eigenvalue weighted by Gasteiger charge is -2.44. The van der Waals surface area contributed by atoms with Crippen LogP contribution >= 0.6 is 11.3 Å². The molecule has 2 heterocycles. The largest absolute Gasteiger partial charge is 0.347 e. The predicted molar refractivity (Wildman–Crippen MR) is 88.6 cm³/mol. The minimum atomic E-state index is -0.920. The molecule has 0 aliphatic heterocycles. The fraction of sp³-hybridized carbons (Fsp3) is 0.438. The van der Waals surface area contributed by atoms with Crippen molar-refractivity contribution >= 4 is 28.1 Å². The molecule has 1 fully saturated rings. The first-order valence-corrected chi connectivity index (χ1v) is 8.45. The standard InChI is InChI=1S/C16H18F2N4OS/c1-8-13(14(23)20-10-4-5-16(10,2)3)22-15(24-8)19-9-6-11(17)21-12(18)7-9/h6-7,10H,4-5H2,1-3H3,(H,20,23)(H,19,21,22)/t10-/m1/s1. The number of hydrogen-bond acceptors (Lipinski definition) is 5. The Labute approximate surface area is 142 Å². The van der Waals surface area contributed by atoms with Crippen LogP contribution in [-0.4, -0.2) is 21.9 Å². The van der Waals surface area contributed by atoms with Gasteiger partial charge in [0.25, 0.3) is 5.91 Å². The lowest BCUT2D eigenvalue weighted by molar-refractivity contribution is 0.0728. The summed E-state index contributed by atoms with van der Waals surface area (Å²) in [6, 6.07) is 2.28. The molecule has 2 aromatic rings. The van der Waals surface area contributed by atoms with E-state index in [0.717, 1.165) is 29.9 Å². The molecule has 2 N–H and O–H groups in total. The maximum atomic E-state index is 13.1. The van der Waals surface area contributed by atoms with Crippen molar-refractivity contribution in [2.24, 2.45) is 5.41 Å². The number of hydrogen-bond donors (Lipinski definition) is 2. The number of nitrogens with zero attached hydrogens (tertiary/aromatic N) is 2. The number of nitrogens with one attached hydrogen (secondary N) is 2. The smallest absolute Gasteiger partial charge is 0.271 e. The average Bonchev–Trinajstić information content (AvgIpc) is 2.83. The Kier molecular flexibility index (Phi) is 4.25. The predicted octanol–water partition coefficient (Wildman–Crippen LogP) is 3.79. The van der Waals surface area contributed by atoms with E-state index in [1.807, 2.05) is 0 Å². The molecule has 1 saturated carbocycles. The third kappa shape index (κ3) is 3.38. The Balaban J connectivity index is 1.74. The summed E-state index contributed by atoms with van der Waals surface area (Å²) in [5.74, 6) is -2.06. The van der Waals surface area contributed by atoms with Crippen LogP contribution in [0.4, 0.5) is 19.6 Å². The van der Waals surface area contributed by atoms with Crippen molar-refractivity contribution in [3.63, 3.8) is 0 Å². The maximum absolute atomic E-state index is 13.1. The molecule has 0 radical (unpaired) electrons. The van der Waals surface area contributed by atoms with Crippen molar-refractivity contribution in [3.8, 4) is 0 Å². The van der Waals surface area contributed by atoms with Crippen LogP contribution in [0.15, 0.2) is 12.1 Å². The molecule has 128 valence electrons. The van der Waals surface area contributed by atoms with E-state index >= 15 is 0 Å². The van der Waals surface area contributed by atoms with Gasteiger partial charge in [-0.05, 0) is 25.2 Å². The third-order valence-electron chi connectivity index (χ3n) is 4.35. The number of rotatable bonds is 4. The van der Waals surface area contributed by atoms with Gasteiger partial charge in [-0.15, -0.1) is 11.3 Å². The van der Waals surface area contributed by atoms with Crippen molar-refractivity contribution < 1.29 is 13.6 Å². The zero-order chi connectivity index (χ0) is 17.5. The fourth-order valence-electron chi connectivity index (χ4n) is 2.68. The minimum Gasteiger partial charge on any atom is -0.347 e. The highest BCUT2D eigenvalue weighted by Crippen LogP contribution is 2.40. The number of carbonyl (C=O) groups is 1. The summed E-state index contributed by atoms with van der Waals surface area (Å²) >= 11 is 1.25. The van der Waals surface area contributed by atoms with Crippen LogP contribution in [-0.2, 0) is 0 Å². The highest BCUT2D eigenvalue weighted by molar-refractivity contribution is 7.15. The van der Waals surface area contributed by atoms with Gasteiger partial charge >= 0.3 is 0 Å². The molecule has 24 heavy (non-hydrogen) atoms. The summed E-state index contributed by atoms with van der Waals surface area (Å²) in [6.07, 6.45) is 2.04. The summed E-state index contributed by atoms with van der Waals surface area (Å²) in [5, 5.41) is 6.21. The van der Waals surface area contributed by atoms with E-state index in [1.165, 1.54) is 11.3 Å². The number of amides is 1. The second-order valence-corrected chi connectivity index (χ2v) is 7.81. The van der Waals surface area contributed by atoms with Crippen LogP contribution in [0.2, 0.25) is 0 Å². The van der Waals surface area contributed by atoms with Gasteiger partial charge in [-0.1, -0.05) is 13.8 Å². The first kappa shape index (κ1) is 16.8. The van der Waals surface area contributed by atoms with Crippen LogP contribution in [0, 0.1) is 24.2 Å². The molecule has 0 spiro atoms. The summed E-state index contributed by atoms with van der Waals surface area (Å²) in [7, 11) is 0. The van der Waals surface area contributed by atoms with E-state index in [-0.39, 0.29) is 23.1 Å². The van der Waals surface area contributed by atoms with Crippen LogP contribution in [0.25, 0.3) is 0 Å². The van der Waals surface area contributed by atoms with Crippen LogP contribution in [0.5, 0.6) is 0 Å². The molecule has 1 aliphatic rings. The van der Waals surface area contributed by atoms with Crippen molar-refractivity contribution in [1.29, 1.82) is 0 Å². The van der Waals surface area contributed by atoms with Crippen molar-refractivity contribution in [2.45, 2.75) is 39.7 Å². The highest BCUT2D eigenvalue weighted by Gasteiger charge is 2.39. The molecular formula is C16H18F2N4OS. The Morgan fingerprint density at radius 2 is 1.96 bits per heavy atom. The lowest BCUT2D eigenvalue weighted by atomic mass is 9.67. The van der Waals surface area contributed by atoms with E-state index in [0.29, 0.717) is 10.8 Å². The van der Waals surface area contributed by atoms with Gasteiger partial charge in [0.1, 0.15) is 5.69 Å². The van der Waals surface area contributed by atoms with Gasteiger partial charge in [0, 0.05) is 28.7 Å². The highest BCUT2D eigenvalue weighted by atomic mass is 32.1. The molecule has 0 unspecified atom stereocenters. The molecule has 5 nitrogen and oxygen atoms in total. The van der Waals surface area contributed by atoms with Gasteiger partial charge in [0.15, 0.2) is 5.13 Å². The SMILES string of the molecule is Cc1sc(Nc2cc(F)nc(F)c2)nc1C(=O)N[C@@H]1CCC1(C)C. The molecule has 3 rings (SSSR count). The quantitative estimate of drug-likeness (QED) is 0.822. The minimum absolute atomic E-state index is 0.104. The first-order chi connectivity index (χ1) is 11.2. The molecule has 1 amide bonds. The Morgan fingerprint density at radius 3 is 2.50 bits per heavy atom. The summed E-state index contributed by atoms with van der Waals surface area (Å²) in [4.78, 5) is 20.4. The summed E-state index contributed by atoms with van der Waals surface area (Å²) < 4.78 is 26.3. The molecule has 0 aromatic carbocycles. The molecule has 0 saturated heterocycles. The topological polar surface area (TPSA) is 66.9 Å². The molecule has 8 heteroatoms. The van der Waals surface area contributed by atoms with Gasteiger partial charge in [-0.3, -0.25) is 4.79 Å². The second kappa shape index (κ2) is 6.08. The van der Waals surface area contributed by atoms with Crippen molar-refractivity contribution in [1.82, 2.24) is 15.3 Å². The Bertz CT molecular complexity index is 770. The number of aromatic nitrogens is 2. The number of anilines is 2. The van der Waals surface area contributed by atoms with Crippen LogP contribution in [0.3, 0.4) is 0 Å². The molecule has 0 bridgehead atoms. The molecule has 1 aliphatic carbocycles. The number of aryl methyl sites for hydroxylation is 1. The van der Waals surface area contributed by atoms with Gasteiger partial charge < -0.3 is 10.6 Å². The van der Waals surface area contributed by atoms with Crippen LogP contribution < -0.4 is 10.6 Å². The lowest BCUT2D eigenvalue weighted by Crippen LogP contribution is -2.52. The van der Waals surface area contributed by atoms with Crippen molar-refractivity contribution in [2.75, 3.05) is 5.32 Å². The average molecular weight is 352 g/mol. The van der Waals surface area contributed by atoms with E-state index in [4.69, 9.17) is 0 Å². The zero-order valence-corrected chi connectivity index (χ0v) is 14.4. The monoisotopic (exact) mass is 352 g/mol. The Morgan fingerprint density at radius 1 is 1.29 bits per heavy atom. The number of pyridine rings is 1. The normalized spacial score (nSPS) is 18.8. The molecular weight excluding hydrogens is 334 g/mol. The van der Waals surface area contributed by atoms with E-state index < -0.39 is 11.9 Å². The first-order valence-electron chi connectivity index (χ1n) is 7.63. The van der Waals surface area contributed by atoms with E-state index in [1.54, 1.807) is 6.92 Å². The zero-order valence-electron chi connectivity index (χ0n) is 13.6. The van der Waals surface area contributed by atoms with Crippen LogP contribution in [0.1, 0.15) is 42.1 Å². The number of halogens is 2. The van der Waals surface area contributed by atoms with Gasteiger partial charge in [0.2, 0.25) is 11.9 Å². The van der Waals surface area contributed by atoms with Crippen molar-refractivity contribution in [3.05, 3.63) is 34.6 Å². The number of carbonyl (C=O) groups excluding carboxylic acids is 1. The summed E-state index contributed by atoms with van der Waals surface area (Å²) in [6.45, 7) is 6.03. The second-order valence-electron chi connectivity index (χ2n) is 6.60. The Hall–Kier alpha value is -2.09. The van der Waals surface area contributed by atoms with Gasteiger partial charge in [-0.2, -0.15) is 13.8 Å². The van der Waals surface area contributed by atoms with Gasteiger partial charge in [-0.25, -0.2) is 4.98 Å². The maximum Gasteiger partial charge on any atom is 0.271 e. The third-order valence-corrected chi connectivity index (χ3v) is 5.24.